The minimum Gasteiger partial charge on any atom is -0.487 e. The monoisotopic (exact) mass is 338 g/mol. The molecule has 0 unspecified atom stereocenters. The average molecular weight is 339 g/mol. The Morgan fingerprint density at radius 3 is 2.75 bits per heavy atom. The summed E-state index contributed by atoms with van der Waals surface area (Å²) in [7, 11) is 1.91. The fraction of sp³-hybridized carbons (Fsp3) is 0.400. The SMILES string of the molecule is CCc1cc(COc2ccc(Br)cc2[C@H](C)O)n(C)n1. The van der Waals surface area contributed by atoms with Crippen LogP contribution < -0.4 is 4.74 Å². The van der Waals surface area contributed by atoms with Gasteiger partial charge in [0.2, 0.25) is 0 Å². The Labute approximate surface area is 127 Å². The van der Waals surface area contributed by atoms with E-state index in [2.05, 4.69) is 28.0 Å². The highest BCUT2D eigenvalue weighted by molar-refractivity contribution is 9.10. The highest BCUT2D eigenvalue weighted by Crippen LogP contribution is 2.29. The summed E-state index contributed by atoms with van der Waals surface area (Å²) in [5, 5.41) is 14.2. The minimum atomic E-state index is -0.569. The smallest absolute Gasteiger partial charge is 0.130 e. The molecule has 0 saturated carbocycles. The molecule has 20 heavy (non-hydrogen) atoms. The van der Waals surface area contributed by atoms with Crippen molar-refractivity contribution in [3.8, 4) is 5.75 Å². The summed E-state index contributed by atoms with van der Waals surface area (Å²) in [6, 6.07) is 7.69. The summed E-state index contributed by atoms with van der Waals surface area (Å²) in [5.41, 5.74) is 2.84. The van der Waals surface area contributed by atoms with E-state index in [0.717, 1.165) is 27.8 Å². The molecule has 0 bridgehead atoms. The first-order chi connectivity index (χ1) is 9.51. The van der Waals surface area contributed by atoms with Crippen LogP contribution in [0.3, 0.4) is 0 Å². The summed E-state index contributed by atoms with van der Waals surface area (Å²) in [6.07, 6.45) is 0.339. The van der Waals surface area contributed by atoms with E-state index in [1.807, 2.05) is 36.0 Å². The van der Waals surface area contributed by atoms with Gasteiger partial charge in [-0.3, -0.25) is 4.68 Å². The zero-order valence-electron chi connectivity index (χ0n) is 11.9. The Morgan fingerprint density at radius 1 is 1.40 bits per heavy atom. The Balaban J connectivity index is 2.16. The molecule has 0 amide bonds. The standard InChI is InChI=1S/C15H19BrN2O2/c1-4-12-8-13(18(3)17-12)9-20-15-6-5-11(16)7-14(15)10(2)19/h5-8,10,19H,4,9H2,1-3H3/t10-/m0/s1. The lowest BCUT2D eigenvalue weighted by atomic mass is 10.1. The minimum absolute atomic E-state index is 0.435. The van der Waals surface area contributed by atoms with E-state index in [1.165, 1.54) is 0 Å². The maximum atomic E-state index is 9.80. The van der Waals surface area contributed by atoms with Gasteiger partial charge in [-0.25, -0.2) is 0 Å². The molecule has 1 heterocycles. The molecule has 1 atom stereocenters. The number of aromatic nitrogens is 2. The average Bonchev–Trinajstić information content (AvgIpc) is 2.78. The molecule has 0 spiro atoms. The fourth-order valence-electron chi connectivity index (χ4n) is 2.01. The van der Waals surface area contributed by atoms with Gasteiger partial charge in [0, 0.05) is 17.1 Å². The highest BCUT2D eigenvalue weighted by Gasteiger charge is 2.11. The molecule has 0 saturated heterocycles. The van der Waals surface area contributed by atoms with E-state index in [1.54, 1.807) is 6.92 Å². The van der Waals surface area contributed by atoms with E-state index in [0.29, 0.717) is 12.4 Å². The molecular weight excluding hydrogens is 320 g/mol. The zero-order chi connectivity index (χ0) is 14.7. The van der Waals surface area contributed by atoms with Gasteiger partial charge in [-0.05, 0) is 37.6 Å². The van der Waals surface area contributed by atoms with Crippen molar-refractivity contribution in [2.45, 2.75) is 33.0 Å². The number of aryl methyl sites for hydroxylation is 2. The second-order valence-corrected chi connectivity index (χ2v) is 5.67. The van der Waals surface area contributed by atoms with Gasteiger partial charge >= 0.3 is 0 Å². The van der Waals surface area contributed by atoms with Crippen molar-refractivity contribution in [2.75, 3.05) is 0 Å². The van der Waals surface area contributed by atoms with Gasteiger partial charge in [0.25, 0.3) is 0 Å². The van der Waals surface area contributed by atoms with Crippen molar-refractivity contribution in [1.82, 2.24) is 9.78 Å². The van der Waals surface area contributed by atoms with E-state index >= 15 is 0 Å². The van der Waals surface area contributed by atoms with E-state index < -0.39 is 6.10 Å². The van der Waals surface area contributed by atoms with Gasteiger partial charge in [0.1, 0.15) is 12.4 Å². The van der Waals surface area contributed by atoms with Crippen LogP contribution >= 0.6 is 15.9 Å². The second kappa shape index (κ2) is 6.41. The predicted molar refractivity (Wildman–Crippen MR) is 81.7 cm³/mol. The summed E-state index contributed by atoms with van der Waals surface area (Å²) >= 11 is 3.40. The van der Waals surface area contributed by atoms with Gasteiger partial charge in [0.05, 0.1) is 17.5 Å². The zero-order valence-corrected chi connectivity index (χ0v) is 13.5. The van der Waals surface area contributed by atoms with Crippen LogP contribution in [0.25, 0.3) is 0 Å². The molecule has 1 N–H and O–H groups in total. The number of hydrogen-bond donors (Lipinski definition) is 1. The van der Waals surface area contributed by atoms with Crippen molar-refractivity contribution < 1.29 is 9.84 Å². The maximum Gasteiger partial charge on any atom is 0.130 e. The molecule has 1 aromatic carbocycles. The molecule has 0 radical (unpaired) electrons. The van der Waals surface area contributed by atoms with Gasteiger partial charge in [-0.2, -0.15) is 5.10 Å². The normalized spacial score (nSPS) is 12.4. The molecule has 0 fully saturated rings. The Kier molecular flexibility index (Phi) is 4.83. The number of rotatable bonds is 5. The summed E-state index contributed by atoms with van der Waals surface area (Å²) in [4.78, 5) is 0. The number of benzene rings is 1. The van der Waals surface area contributed by atoms with Crippen molar-refractivity contribution in [2.24, 2.45) is 7.05 Å². The Bertz CT molecular complexity index is 594. The molecule has 0 aliphatic carbocycles. The first-order valence-corrected chi connectivity index (χ1v) is 7.42. The van der Waals surface area contributed by atoms with Crippen LogP contribution in [-0.4, -0.2) is 14.9 Å². The van der Waals surface area contributed by atoms with Crippen LogP contribution in [0, 0.1) is 0 Å². The Hall–Kier alpha value is -1.33. The fourth-order valence-corrected chi connectivity index (χ4v) is 2.39. The topological polar surface area (TPSA) is 47.3 Å². The van der Waals surface area contributed by atoms with E-state index in [-0.39, 0.29) is 0 Å². The lowest BCUT2D eigenvalue weighted by Crippen LogP contribution is -2.05. The third-order valence-electron chi connectivity index (χ3n) is 3.19. The first kappa shape index (κ1) is 15.1. The van der Waals surface area contributed by atoms with Gasteiger partial charge in [-0.1, -0.05) is 22.9 Å². The molecule has 108 valence electrons. The molecule has 0 aliphatic heterocycles. The molecule has 0 aliphatic rings. The van der Waals surface area contributed by atoms with Gasteiger partial charge in [0.15, 0.2) is 0 Å². The first-order valence-electron chi connectivity index (χ1n) is 6.63. The van der Waals surface area contributed by atoms with Crippen LogP contribution in [0.15, 0.2) is 28.7 Å². The van der Waals surface area contributed by atoms with Crippen molar-refractivity contribution >= 4 is 15.9 Å². The molecule has 2 rings (SSSR count). The third-order valence-corrected chi connectivity index (χ3v) is 3.68. The summed E-state index contributed by atoms with van der Waals surface area (Å²) in [5.74, 6) is 0.697. The lowest BCUT2D eigenvalue weighted by Gasteiger charge is -2.14. The summed E-state index contributed by atoms with van der Waals surface area (Å²) in [6.45, 7) is 4.24. The predicted octanol–water partition coefficient (Wildman–Crippen LogP) is 3.38. The number of aliphatic hydroxyl groups excluding tert-OH is 1. The van der Waals surface area contributed by atoms with Crippen LogP contribution in [-0.2, 0) is 20.1 Å². The largest absolute Gasteiger partial charge is 0.487 e. The quantitative estimate of drug-likeness (QED) is 0.908. The van der Waals surface area contributed by atoms with Crippen molar-refractivity contribution in [3.63, 3.8) is 0 Å². The number of hydrogen-bond acceptors (Lipinski definition) is 3. The Morgan fingerprint density at radius 2 is 2.15 bits per heavy atom. The van der Waals surface area contributed by atoms with Crippen molar-refractivity contribution in [3.05, 3.63) is 45.7 Å². The number of nitrogens with zero attached hydrogens (tertiary/aromatic N) is 2. The molecule has 5 heteroatoms. The highest BCUT2D eigenvalue weighted by atomic mass is 79.9. The molecule has 2 aromatic rings. The third kappa shape index (κ3) is 3.41. The van der Waals surface area contributed by atoms with E-state index in [4.69, 9.17) is 4.74 Å². The van der Waals surface area contributed by atoms with E-state index in [9.17, 15) is 5.11 Å². The second-order valence-electron chi connectivity index (χ2n) is 4.75. The number of halogens is 1. The summed E-state index contributed by atoms with van der Waals surface area (Å²) < 4.78 is 8.60. The van der Waals surface area contributed by atoms with Crippen LogP contribution in [0.5, 0.6) is 5.75 Å². The number of aliphatic hydroxyl groups is 1. The van der Waals surface area contributed by atoms with Crippen LogP contribution in [0.1, 0.15) is 36.9 Å². The molecule has 4 nitrogen and oxygen atoms in total. The maximum absolute atomic E-state index is 9.80. The van der Waals surface area contributed by atoms with Gasteiger partial charge < -0.3 is 9.84 Å². The van der Waals surface area contributed by atoms with Crippen LogP contribution in [0.4, 0.5) is 0 Å². The molecular formula is C15H19BrN2O2. The lowest BCUT2D eigenvalue weighted by molar-refractivity contribution is 0.189. The molecule has 1 aromatic heterocycles. The van der Waals surface area contributed by atoms with Gasteiger partial charge in [-0.15, -0.1) is 0 Å². The van der Waals surface area contributed by atoms with Crippen molar-refractivity contribution in [1.29, 1.82) is 0 Å². The number of ether oxygens (including phenoxy) is 1. The van der Waals surface area contributed by atoms with Crippen LogP contribution in [0.2, 0.25) is 0 Å².